The van der Waals surface area contributed by atoms with E-state index in [0.29, 0.717) is 0 Å². The monoisotopic (exact) mass is 173 g/mol. The van der Waals surface area contributed by atoms with Crippen LogP contribution in [-0.4, -0.2) is 11.4 Å². The Labute approximate surface area is 79.7 Å². The first kappa shape index (κ1) is 8.36. The molecule has 0 aromatic rings. The molecule has 0 spiro atoms. The molecule has 0 amide bonds. The molecule has 13 heavy (non-hydrogen) atoms. The van der Waals surface area contributed by atoms with Crippen LogP contribution in [0.4, 0.5) is 0 Å². The van der Waals surface area contributed by atoms with E-state index in [9.17, 15) is 0 Å². The Morgan fingerprint density at radius 1 is 1.23 bits per heavy atom. The van der Waals surface area contributed by atoms with Crippen molar-refractivity contribution < 1.29 is 0 Å². The Bertz CT molecular complexity index is 305. The molecule has 0 N–H and O–H groups in total. The molecule has 68 valence electrons. The van der Waals surface area contributed by atoms with Crippen LogP contribution in [0.15, 0.2) is 47.9 Å². The van der Waals surface area contributed by atoms with Gasteiger partial charge >= 0.3 is 0 Å². The average molecular weight is 173 g/mol. The van der Waals surface area contributed by atoms with Gasteiger partial charge in [-0.1, -0.05) is 23.8 Å². The quantitative estimate of drug-likeness (QED) is 0.509. The van der Waals surface area contributed by atoms with Crippen molar-refractivity contribution in [2.75, 3.05) is 6.54 Å². The van der Waals surface area contributed by atoms with Crippen LogP contribution in [0.25, 0.3) is 0 Å². The number of allylic oxidation sites excluding steroid dienone is 5. The van der Waals surface area contributed by atoms with Crippen LogP contribution in [0.1, 0.15) is 19.8 Å². The minimum atomic E-state index is 1.09. The third-order valence-corrected chi connectivity index (χ3v) is 2.47. The Morgan fingerprint density at radius 3 is 3.08 bits per heavy atom. The van der Waals surface area contributed by atoms with Crippen LogP contribution in [-0.2, 0) is 0 Å². The summed E-state index contributed by atoms with van der Waals surface area (Å²) < 4.78 is 0. The minimum absolute atomic E-state index is 1.09. The number of fused-ring (bicyclic) bond motifs is 1. The van der Waals surface area contributed by atoms with Crippen LogP contribution in [0.5, 0.6) is 0 Å². The summed E-state index contributed by atoms with van der Waals surface area (Å²) in [5, 5.41) is 0. The van der Waals surface area contributed by atoms with E-state index < -0.39 is 0 Å². The van der Waals surface area contributed by atoms with E-state index in [0.717, 1.165) is 19.4 Å². The van der Waals surface area contributed by atoms with Gasteiger partial charge in [-0.25, -0.2) is 0 Å². The molecule has 2 rings (SSSR count). The summed E-state index contributed by atoms with van der Waals surface area (Å²) in [7, 11) is 0. The first-order chi connectivity index (χ1) is 6.36. The summed E-state index contributed by atoms with van der Waals surface area (Å²) in [5.74, 6) is 0. The standard InChI is InChI=1S/C12H15N/c1-11-6-5-9-13-8-4-2-3-7-12(13)10-11/h2-4,6-8H,5,9-10H2,1H3. The van der Waals surface area contributed by atoms with E-state index in [2.05, 4.69) is 48.4 Å². The Hall–Kier alpha value is -1.24. The van der Waals surface area contributed by atoms with Gasteiger partial charge in [0, 0.05) is 24.9 Å². The Balaban J connectivity index is 2.25. The third kappa shape index (κ3) is 1.92. The molecular formula is C12H15N. The van der Waals surface area contributed by atoms with Crippen LogP contribution in [0.3, 0.4) is 0 Å². The molecule has 2 aliphatic heterocycles. The maximum absolute atomic E-state index is 2.34. The summed E-state index contributed by atoms with van der Waals surface area (Å²) in [5.41, 5.74) is 2.90. The van der Waals surface area contributed by atoms with E-state index in [1.54, 1.807) is 0 Å². The molecule has 1 nitrogen and oxygen atoms in total. The average Bonchev–Trinajstić information content (AvgIpc) is 2.38. The smallest absolute Gasteiger partial charge is 0.0257 e. The fourth-order valence-electron chi connectivity index (χ4n) is 1.76. The predicted octanol–water partition coefficient (Wildman–Crippen LogP) is 3.00. The van der Waals surface area contributed by atoms with E-state index in [-0.39, 0.29) is 0 Å². The van der Waals surface area contributed by atoms with Gasteiger partial charge in [0.2, 0.25) is 0 Å². The summed E-state index contributed by atoms with van der Waals surface area (Å²) in [4.78, 5) is 2.34. The van der Waals surface area contributed by atoms with Crippen molar-refractivity contribution in [2.45, 2.75) is 19.8 Å². The molecule has 0 bridgehead atoms. The van der Waals surface area contributed by atoms with Crippen molar-refractivity contribution >= 4 is 0 Å². The third-order valence-electron chi connectivity index (χ3n) is 2.47. The normalized spacial score (nSPS) is 21.5. The maximum atomic E-state index is 2.34. The van der Waals surface area contributed by atoms with Crippen molar-refractivity contribution in [1.29, 1.82) is 0 Å². The number of rotatable bonds is 0. The molecule has 2 heterocycles. The molecule has 0 aromatic heterocycles. The van der Waals surface area contributed by atoms with E-state index in [1.807, 2.05) is 0 Å². The van der Waals surface area contributed by atoms with Crippen molar-refractivity contribution in [3.8, 4) is 0 Å². The summed E-state index contributed by atoms with van der Waals surface area (Å²) in [6, 6.07) is 0. The van der Waals surface area contributed by atoms with Gasteiger partial charge in [0.05, 0.1) is 0 Å². The van der Waals surface area contributed by atoms with Crippen LogP contribution >= 0.6 is 0 Å². The molecule has 0 fully saturated rings. The largest absolute Gasteiger partial charge is 0.351 e. The van der Waals surface area contributed by atoms with Gasteiger partial charge in [-0.15, -0.1) is 0 Å². The first-order valence-corrected chi connectivity index (χ1v) is 4.82. The molecular weight excluding hydrogens is 158 g/mol. The highest BCUT2D eigenvalue weighted by Crippen LogP contribution is 2.21. The van der Waals surface area contributed by atoms with E-state index in [1.165, 1.54) is 11.3 Å². The van der Waals surface area contributed by atoms with Crippen molar-refractivity contribution in [1.82, 2.24) is 4.90 Å². The highest BCUT2D eigenvalue weighted by atomic mass is 15.1. The van der Waals surface area contributed by atoms with Gasteiger partial charge in [0.25, 0.3) is 0 Å². The van der Waals surface area contributed by atoms with Crippen molar-refractivity contribution in [3.63, 3.8) is 0 Å². The highest BCUT2D eigenvalue weighted by Gasteiger charge is 2.10. The number of hydrogen-bond donors (Lipinski definition) is 0. The van der Waals surface area contributed by atoms with Crippen LogP contribution in [0.2, 0.25) is 0 Å². The lowest BCUT2D eigenvalue weighted by molar-refractivity contribution is 0.471. The predicted molar refractivity (Wildman–Crippen MR) is 56.1 cm³/mol. The lowest BCUT2D eigenvalue weighted by Crippen LogP contribution is -2.15. The van der Waals surface area contributed by atoms with Gasteiger partial charge in [-0.05, 0) is 25.5 Å². The zero-order valence-electron chi connectivity index (χ0n) is 8.03. The van der Waals surface area contributed by atoms with Crippen LogP contribution < -0.4 is 0 Å². The van der Waals surface area contributed by atoms with Crippen molar-refractivity contribution in [2.24, 2.45) is 0 Å². The topological polar surface area (TPSA) is 3.24 Å². The SMILES string of the molecule is CC1=CCCN2C=CC=CC=C2C1. The molecule has 0 saturated heterocycles. The molecule has 0 unspecified atom stereocenters. The Kier molecular flexibility index (Phi) is 2.35. The van der Waals surface area contributed by atoms with Gasteiger partial charge < -0.3 is 4.90 Å². The molecule has 0 atom stereocenters. The second-order valence-electron chi connectivity index (χ2n) is 3.59. The van der Waals surface area contributed by atoms with E-state index in [4.69, 9.17) is 0 Å². The molecule has 0 aromatic carbocycles. The second-order valence-corrected chi connectivity index (χ2v) is 3.59. The number of hydrogen-bond acceptors (Lipinski definition) is 1. The molecule has 1 heteroatoms. The van der Waals surface area contributed by atoms with Gasteiger partial charge in [0.15, 0.2) is 0 Å². The maximum Gasteiger partial charge on any atom is 0.0257 e. The zero-order valence-corrected chi connectivity index (χ0v) is 8.03. The fraction of sp³-hybridized carbons (Fsp3) is 0.333. The Morgan fingerprint density at radius 2 is 2.15 bits per heavy atom. The molecule has 0 saturated carbocycles. The first-order valence-electron chi connectivity index (χ1n) is 4.82. The second kappa shape index (κ2) is 3.65. The van der Waals surface area contributed by atoms with E-state index >= 15 is 0 Å². The van der Waals surface area contributed by atoms with Gasteiger partial charge in [0.1, 0.15) is 0 Å². The fourth-order valence-corrected chi connectivity index (χ4v) is 1.76. The minimum Gasteiger partial charge on any atom is -0.351 e. The summed E-state index contributed by atoms with van der Waals surface area (Å²) in [6.07, 6.45) is 15.3. The van der Waals surface area contributed by atoms with Gasteiger partial charge in [-0.2, -0.15) is 0 Å². The highest BCUT2D eigenvalue weighted by molar-refractivity contribution is 5.26. The number of nitrogens with zero attached hydrogens (tertiary/aromatic N) is 1. The molecule has 0 radical (unpaired) electrons. The molecule has 0 aliphatic carbocycles. The lowest BCUT2D eigenvalue weighted by Gasteiger charge is -2.20. The van der Waals surface area contributed by atoms with Crippen LogP contribution in [0, 0.1) is 0 Å². The lowest BCUT2D eigenvalue weighted by atomic mass is 10.1. The summed E-state index contributed by atoms with van der Waals surface area (Å²) >= 11 is 0. The summed E-state index contributed by atoms with van der Waals surface area (Å²) in [6.45, 7) is 3.32. The van der Waals surface area contributed by atoms with Crippen molar-refractivity contribution in [3.05, 3.63) is 47.9 Å². The zero-order chi connectivity index (χ0) is 9.10. The molecule has 2 aliphatic rings. The van der Waals surface area contributed by atoms with Gasteiger partial charge in [-0.3, -0.25) is 0 Å².